The predicted octanol–water partition coefficient (Wildman–Crippen LogP) is 3.76. The van der Waals surface area contributed by atoms with Gasteiger partial charge in [-0.15, -0.1) is 0 Å². The molecule has 2 nitrogen and oxygen atoms in total. The molecule has 0 bridgehead atoms. The third-order valence-corrected chi connectivity index (χ3v) is 6.06. The van der Waals surface area contributed by atoms with Crippen molar-refractivity contribution in [2.24, 2.45) is 17.1 Å². The number of fused-ring (bicyclic) bond motifs is 1. The van der Waals surface area contributed by atoms with Gasteiger partial charge in [0.1, 0.15) is 0 Å². The fourth-order valence-corrected chi connectivity index (χ4v) is 4.91. The van der Waals surface area contributed by atoms with Crippen LogP contribution in [0.4, 0.5) is 0 Å². The molecule has 1 aromatic carbocycles. The van der Waals surface area contributed by atoms with Crippen LogP contribution in [-0.4, -0.2) is 11.7 Å². The minimum atomic E-state index is -0.733. The third kappa shape index (κ3) is 2.43. The Bertz CT molecular complexity index is 500. The van der Waals surface area contributed by atoms with Crippen LogP contribution < -0.4 is 5.73 Å². The van der Waals surface area contributed by atoms with Gasteiger partial charge in [-0.25, -0.2) is 0 Å². The molecule has 116 valence electrons. The van der Waals surface area contributed by atoms with E-state index in [9.17, 15) is 5.11 Å². The monoisotopic (exact) mass is 287 g/mol. The molecule has 2 aliphatic carbocycles. The summed E-state index contributed by atoms with van der Waals surface area (Å²) in [7, 11) is 0. The SMILES string of the molecule is CC1CCCC(CN)(C2(O)CCCCc3ccccc32)C1. The lowest BCUT2D eigenvalue weighted by Gasteiger charge is -2.51. The highest BCUT2D eigenvalue weighted by Gasteiger charge is 2.52. The van der Waals surface area contributed by atoms with Gasteiger partial charge in [-0.1, -0.05) is 44.0 Å². The van der Waals surface area contributed by atoms with Crippen LogP contribution in [-0.2, 0) is 12.0 Å². The van der Waals surface area contributed by atoms with Crippen LogP contribution in [0.5, 0.6) is 0 Å². The second-order valence-electron chi connectivity index (χ2n) is 7.41. The van der Waals surface area contributed by atoms with E-state index in [1.807, 2.05) is 0 Å². The van der Waals surface area contributed by atoms with E-state index in [4.69, 9.17) is 5.73 Å². The van der Waals surface area contributed by atoms with Crippen LogP contribution in [0.2, 0.25) is 0 Å². The van der Waals surface area contributed by atoms with Crippen molar-refractivity contribution in [1.82, 2.24) is 0 Å². The normalized spacial score (nSPS) is 36.8. The van der Waals surface area contributed by atoms with Gasteiger partial charge in [0.25, 0.3) is 0 Å². The van der Waals surface area contributed by atoms with Crippen molar-refractivity contribution in [3.05, 3.63) is 35.4 Å². The highest BCUT2D eigenvalue weighted by atomic mass is 16.3. The van der Waals surface area contributed by atoms with Crippen LogP contribution in [0.25, 0.3) is 0 Å². The largest absolute Gasteiger partial charge is 0.385 e. The van der Waals surface area contributed by atoms with Crippen LogP contribution in [0, 0.1) is 11.3 Å². The molecule has 3 unspecified atom stereocenters. The molecule has 0 aliphatic heterocycles. The fourth-order valence-electron chi connectivity index (χ4n) is 4.91. The van der Waals surface area contributed by atoms with Crippen molar-refractivity contribution in [2.45, 2.75) is 63.9 Å². The summed E-state index contributed by atoms with van der Waals surface area (Å²) in [6.07, 6.45) is 8.84. The zero-order valence-corrected chi connectivity index (χ0v) is 13.3. The minimum Gasteiger partial charge on any atom is -0.385 e. The lowest BCUT2D eigenvalue weighted by molar-refractivity contribution is -0.120. The first-order chi connectivity index (χ1) is 10.1. The summed E-state index contributed by atoms with van der Waals surface area (Å²) in [6.45, 7) is 2.91. The Hall–Kier alpha value is -0.860. The Morgan fingerprint density at radius 2 is 2.00 bits per heavy atom. The first kappa shape index (κ1) is 15.1. The van der Waals surface area contributed by atoms with Crippen molar-refractivity contribution >= 4 is 0 Å². The molecule has 2 heteroatoms. The summed E-state index contributed by atoms with van der Waals surface area (Å²) in [5, 5.41) is 11.8. The topological polar surface area (TPSA) is 46.2 Å². The number of nitrogens with two attached hydrogens (primary N) is 1. The molecule has 0 radical (unpaired) electrons. The number of aryl methyl sites for hydroxylation is 1. The van der Waals surface area contributed by atoms with Gasteiger partial charge < -0.3 is 10.8 Å². The van der Waals surface area contributed by atoms with E-state index < -0.39 is 5.60 Å². The Balaban J connectivity index is 2.09. The maximum atomic E-state index is 11.8. The molecule has 0 amide bonds. The molecule has 0 saturated heterocycles. The minimum absolute atomic E-state index is 0.134. The van der Waals surface area contributed by atoms with Gasteiger partial charge in [0.15, 0.2) is 0 Å². The molecule has 3 rings (SSSR count). The molecule has 2 aliphatic rings. The number of benzene rings is 1. The summed E-state index contributed by atoms with van der Waals surface area (Å²) in [6, 6.07) is 8.52. The van der Waals surface area contributed by atoms with Gasteiger partial charge in [0.2, 0.25) is 0 Å². The Kier molecular flexibility index (Phi) is 4.11. The lowest BCUT2D eigenvalue weighted by atomic mass is 9.57. The molecule has 3 atom stereocenters. The average molecular weight is 287 g/mol. The van der Waals surface area contributed by atoms with E-state index in [2.05, 4.69) is 31.2 Å². The van der Waals surface area contributed by atoms with Crippen molar-refractivity contribution < 1.29 is 5.11 Å². The van der Waals surface area contributed by atoms with E-state index in [-0.39, 0.29) is 5.41 Å². The van der Waals surface area contributed by atoms with Gasteiger partial charge in [-0.3, -0.25) is 0 Å². The molecular formula is C19H29NO. The summed E-state index contributed by atoms with van der Waals surface area (Å²) < 4.78 is 0. The molecule has 1 aromatic rings. The molecule has 1 saturated carbocycles. The van der Waals surface area contributed by atoms with Crippen LogP contribution in [0.3, 0.4) is 0 Å². The quantitative estimate of drug-likeness (QED) is 0.814. The summed E-state index contributed by atoms with van der Waals surface area (Å²) in [4.78, 5) is 0. The molecule has 1 fully saturated rings. The first-order valence-electron chi connectivity index (χ1n) is 8.62. The van der Waals surface area contributed by atoms with Gasteiger partial charge in [0, 0.05) is 12.0 Å². The molecule has 21 heavy (non-hydrogen) atoms. The average Bonchev–Trinajstić information content (AvgIpc) is 2.68. The van der Waals surface area contributed by atoms with Crippen molar-refractivity contribution in [3.8, 4) is 0 Å². The van der Waals surface area contributed by atoms with E-state index >= 15 is 0 Å². The van der Waals surface area contributed by atoms with E-state index in [1.165, 1.54) is 30.4 Å². The van der Waals surface area contributed by atoms with Gasteiger partial charge >= 0.3 is 0 Å². The lowest BCUT2D eigenvalue weighted by Crippen LogP contribution is -2.52. The van der Waals surface area contributed by atoms with E-state index in [0.717, 1.165) is 32.1 Å². The molecular weight excluding hydrogens is 258 g/mol. The number of rotatable bonds is 2. The molecule has 0 aromatic heterocycles. The first-order valence-corrected chi connectivity index (χ1v) is 8.62. The Morgan fingerprint density at radius 1 is 1.19 bits per heavy atom. The second-order valence-corrected chi connectivity index (χ2v) is 7.41. The number of aliphatic hydroxyl groups is 1. The van der Waals surface area contributed by atoms with Gasteiger partial charge in [-0.05, 0) is 55.6 Å². The fraction of sp³-hybridized carbons (Fsp3) is 0.684. The predicted molar refractivity (Wildman–Crippen MR) is 87.0 cm³/mol. The Morgan fingerprint density at radius 3 is 2.76 bits per heavy atom. The number of hydrogen-bond acceptors (Lipinski definition) is 2. The molecule has 3 N–H and O–H groups in total. The zero-order chi connectivity index (χ0) is 14.9. The summed E-state index contributed by atoms with van der Waals surface area (Å²) in [5.41, 5.74) is 7.90. The summed E-state index contributed by atoms with van der Waals surface area (Å²) in [5.74, 6) is 0.668. The molecule has 0 heterocycles. The second kappa shape index (κ2) is 5.73. The van der Waals surface area contributed by atoms with E-state index in [1.54, 1.807) is 0 Å². The third-order valence-electron chi connectivity index (χ3n) is 6.06. The van der Waals surface area contributed by atoms with Crippen LogP contribution in [0.15, 0.2) is 24.3 Å². The maximum Gasteiger partial charge on any atom is 0.0967 e. The summed E-state index contributed by atoms with van der Waals surface area (Å²) >= 11 is 0. The van der Waals surface area contributed by atoms with Crippen molar-refractivity contribution in [3.63, 3.8) is 0 Å². The maximum absolute atomic E-state index is 11.8. The highest BCUT2D eigenvalue weighted by Crippen LogP contribution is 2.54. The smallest absolute Gasteiger partial charge is 0.0967 e. The van der Waals surface area contributed by atoms with Crippen LogP contribution in [0.1, 0.15) is 63.0 Å². The van der Waals surface area contributed by atoms with Gasteiger partial charge in [-0.2, -0.15) is 0 Å². The van der Waals surface area contributed by atoms with E-state index in [0.29, 0.717) is 12.5 Å². The molecule has 0 spiro atoms. The highest BCUT2D eigenvalue weighted by molar-refractivity contribution is 5.36. The zero-order valence-electron chi connectivity index (χ0n) is 13.3. The van der Waals surface area contributed by atoms with Gasteiger partial charge in [0.05, 0.1) is 5.60 Å². The number of hydrogen-bond donors (Lipinski definition) is 2. The Labute approximate surface area is 128 Å². The van der Waals surface area contributed by atoms with Crippen molar-refractivity contribution in [1.29, 1.82) is 0 Å². The van der Waals surface area contributed by atoms with Crippen LogP contribution >= 0.6 is 0 Å². The van der Waals surface area contributed by atoms with Crippen molar-refractivity contribution in [2.75, 3.05) is 6.54 Å². The standard InChI is InChI=1S/C19H29NO/c1-15-7-6-11-18(13-15,14-20)19(21)12-5-4-9-16-8-2-3-10-17(16)19/h2-3,8,10,15,21H,4-7,9,11-14,20H2,1H3.